The van der Waals surface area contributed by atoms with Gasteiger partial charge in [0.25, 0.3) is 5.91 Å². The van der Waals surface area contributed by atoms with Gasteiger partial charge in [0.2, 0.25) is 5.91 Å². The first-order valence-electron chi connectivity index (χ1n) is 6.92. The molecular weight excluding hydrogens is 272 g/mol. The molecule has 0 bridgehead atoms. The lowest BCUT2D eigenvalue weighted by molar-refractivity contribution is -0.145. The van der Waals surface area contributed by atoms with Crippen molar-refractivity contribution in [1.82, 2.24) is 10.2 Å². The highest BCUT2D eigenvalue weighted by molar-refractivity contribution is 5.96. The number of carbonyl (C=O) groups excluding carboxylic acids is 2. The number of benzene rings is 1. The van der Waals surface area contributed by atoms with Crippen molar-refractivity contribution in [2.24, 2.45) is 5.92 Å². The van der Waals surface area contributed by atoms with Crippen molar-refractivity contribution in [3.05, 3.63) is 35.9 Å². The van der Waals surface area contributed by atoms with Crippen molar-refractivity contribution >= 4 is 17.8 Å². The number of carboxylic acids is 1. The van der Waals surface area contributed by atoms with E-state index in [0.29, 0.717) is 24.9 Å². The molecule has 2 amide bonds. The van der Waals surface area contributed by atoms with Gasteiger partial charge in [0.05, 0.1) is 12.5 Å². The predicted molar refractivity (Wildman–Crippen MR) is 75.7 cm³/mol. The Labute approximate surface area is 122 Å². The van der Waals surface area contributed by atoms with Crippen LogP contribution in [0.25, 0.3) is 0 Å². The van der Waals surface area contributed by atoms with E-state index in [9.17, 15) is 14.4 Å². The van der Waals surface area contributed by atoms with E-state index >= 15 is 0 Å². The summed E-state index contributed by atoms with van der Waals surface area (Å²) in [5, 5.41) is 11.6. The van der Waals surface area contributed by atoms with Crippen LogP contribution in [0, 0.1) is 5.92 Å². The molecule has 1 fully saturated rings. The van der Waals surface area contributed by atoms with Crippen molar-refractivity contribution in [1.29, 1.82) is 0 Å². The van der Waals surface area contributed by atoms with Gasteiger partial charge in [-0.05, 0) is 25.0 Å². The average Bonchev–Trinajstić information content (AvgIpc) is 2.53. The maximum Gasteiger partial charge on any atom is 0.308 e. The van der Waals surface area contributed by atoms with E-state index < -0.39 is 11.9 Å². The second-order valence-corrected chi connectivity index (χ2v) is 5.07. The van der Waals surface area contributed by atoms with Gasteiger partial charge in [0, 0.05) is 18.7 Å². The monoisotopic (exact) mass is 290 g/mol. The van der Waals surface area contributed by atoms with Crippen molar-refractivity contribution in [2.75, 3.05) is 19.6 Å². The molecule has 0 unspecified atom stereocenters. The Morgan fingerprint density at radius 3 is 2.62 bits per heavy atom. The molecule has 6 nitrogen and oxygen atoms in total. The largest absolute Gasteiger partial charge is 0.481 e. The fraction of sp³-hybridized carbons (Fsp3) is 0.400. The highest BCUT2D eigenvalue weighted by Crippen LogP contribution is 2.16. The minimum Gasteiger partial charge on any atom is -0.481 e. The maximum absolute atomic E-state index is 12.0. The van der Waals surface area contributed by atoms with Crippen molar-refractivity contribution < 1.29 is 19.5 Å². The summed E-state index contributed by atoms with van der Waals surface area (Å²) in [6, 6.07) is 8.64. The molecule has 21 heavy (non-hydrogen) atoms. The predicted octanol–water partition coefficient (Wildman–Crippen LogP) is 0.740. The van der Waals surface area contributed by atoms with E-state index in [4.69, 9.17) is 5.11 Å². The number of hydrogen-bond acceptors (Lipinski definition) is 3. The normalized spacial score (nSPS) is 18.1. The van der Waals surface area contributed by atoms with Crippen LogP contribution in [0.2, 0.25) is 0 Å². The van der Waals surface area contributed by atoms with E-state index in [0.717, 1.165) is 0 Å². The first-order valence-corrected chi connectivity index (χ1v) is 6.92. The lowest BCUT2D eigenvalue weighted by Gasteiger charge is -2.30. The molecule has 1 saturated heterocycles. The number of rotatable bonds is 4. The molecule has 0 saturated carbocycles. The van der Waals surface area contributed by atoms with Crippen LogP contribution in [-0.4, -0.2) is 47.4 Å². The summed E-state index contributed by atoms with van der Waals surface area (Å²) in [5.41, 5.74) is 0.493. The zero-order chi connectivity index (χ0) is 15.2. The van der Waals surface area contributed by atoms with Gasteiger partial charge in [0.15, 0.2) is 0 Å². The molecule has 1 aliphatic heterocycles. The summed E-state index contributed by atoms with van der Waals surface area (Å²) in [6.07, 6.45) is 1.27. The van der Waals surface area contributed by atoms with Crippen molar-refractivity contribution in [3.63, 3.8) is 0 Å². The van der Waals surface area contributed by atoms with E-state index in [2.05, 4.69) is 5.32 Å². The fourth-order valence-corrected chi connectivity index (χ4v) is 2.36. The van der Waals surface area contributed by atoms with Crippen LogP contribution in [0.5, 0.6) is 0 Å². The highest BCUT2D eigenvalue weighted by Gasteiger charge is 2.28. The molecule has 1 aromatic rings. The molecule has 1 aromatic carbocycles. The first kappa shape index (κ1) is 15.0. The van der Waals surface area contributed by atoms with E-state index in [-0.39, 0.29) is 24.9 Å². The average molecular weight is 290 g/mol. The quantitative estimate of drug-likeness (QED) is 0.856. The molecule has 1 aliphatic rings. The standard InChI is InChI=1S/C15H18N2O4/c18-13(17-8-4-7-12(10-17)15(20)21)9-16-14(19)11-5-2-1-3-6-11/h1-3,5-6,12H,4,7-10H2,(H,16,19)(H,20,21)/t12-/m1/s1. The topological polar surface area (TPSA) is 86.7 Å². The van der Waals surface area contributed by atoms with Gasteiger partial charge in [-0.15, -0.1) is 0 Å². The summed E-state index contributed by atoms with van der Waals surface area (Å²) < 4.78 is 0. The Morgan fingerprint density at radius 1 is 1.24 bits per heavy atom. The third-order valence-electron chi connectivity index (χ3n) is 3.56. The Morgan fingerprint density at radius 2 is 1.95 bits per heavy atom. The molecule has 0 aliphatic carbocycles. The number of hydrogen-bond donors (Lipinski definition) is 2. The number of likely N-dealkylation sites (tertiary alicyclic amines) is 1. The van der Waals surface area contributed by atoms with E-state index in [1.807, 2.05) is 6.07 Å². The summed E-state index contributed by atoms with van der Waals surface area (Å²) in [7, 11) is 0. The Bertz CT molecular complexity index is 530. The molecule has 0 spiro atoms. The fourth-order valence-electron chi connectivity index (χ4n) is 2.36. The van der Waals surface area contributed by atoms with Gasteiger partial charge in [0.1, 0.15) is 0 Å². The van der Waals surface area contributed by atoms with Crippen LogP contribution in [0.4, 0.5) is 0 Å². The molecule has 0 radical (unpaired) electrons. The number of aliphatic carboxylic acids is 1. The number of amides is 2. The highest BCUT2D eigenvalue weighted by atomic mass is 16.4. The third-order valence-corrected chi connectivity index (χ3v) is 3.56. The maximum atomic E-state index is 12.0. The second kappa shape index (κ2) is 6.88. The van der Waals surface area contributed by atoms with Gasteiger partial charge in [-0.3, -0.25) is 14.4 Å². The summed E-state index contributed by atoms with van der Waals surface area (Å²) in [6.45, 7) is 0.652. The SMILES string of the molecule is O=C(NCC(=O)N1CCC[C@@H](C(=O)O)C1)c1ccccc1. The van der Waals surface area contributed by atoms with Crippen LogP contribution in [-0.2, 0) is 9.59 Å². The van der Waals surface area contributed by atoms with Gasteiger partial charge in [-0.2, -0.15) is 0 Å². The summed E-state index contributed by atoms with van der Waals surface area (Å²) in [5.74, 6) is -1.94. The molecule has 1 atom stereocenters. The van der Waals surface area contributed by atoms with Crippen molar-refractivity contribution in [2.45, 2.75) is 12.8 Å². The smallest absolute Gasteiger partial charge is 0.308 e. The molecule has 6 heteroatoms. The van der Waals surface area contributed by atoms with Crippen molar-refractivity contribution in [3.8, 4) is 0 Å². The number of carbonyl (C=O) groups is 3. The molecule has 0 aromatic heterocycles. The Hall–Kier alpha value is -2.37. The van der Waals surface area contributed by atoms with E-state index in [1.54, 1.807) is 24.3 Å². The second-order valence-electron chi connectivity index (χ2n) is 5.07. The van der Waals surface area contributed by atoms with Crippen LogP contribution >= 0.6 is 0 Å². The number of nitrogens with one attached hydrogen (secondary N) is 1. The van der Waals surface area contributed by atoms with Crippen LogP contribution in [0.1, 0.15) is 23.2 Å². The number of nitrogens with zero attached hydrogens (tertiary/aromatic N) is 1. The minimum atomic E-state index is -0.874. The first-order chi connectivity index (χ1) is 10.1. The lowest BCUT2D eigenvalue weighted by Crippen LogP contribution is -2.46. The molecule has 2 N–H and O–H groups in total. The molecule has 2 rings (SSSR count). The molecule has 1 heterocycles. The zero-order valence-electron chi connectivity index (χ0n) is 11.6. The minimum absolute atomic E-state index is 0.111. The number of carboxylic acid groups (broad SMARTS) is 1. The van der Waals surface area contributed by atoms with Gasteiger partial charge in [-0.25, -0.2) is 0 Å². The zero-order valence-corrected chi connectivity index (χ0v) is 11.6. The van der Waals surface area contributed by atoms with Gasteiger partial charge < -0.3 is 15.3 Å². The van der Waals surface area contributed by atoms with E-state index in [1.165, 1.54) is 4.90 Å². The van der Waals surface area contributed by atoms with Gasteiger partial charge >= 0.3 is 5.97 Å². The van der Waals surface area contributed by atoms with Crippen LogP contribution in [0.3, 0.4) is 0 Å². The number of piperidine rings is 1. The third kappa shape index (κ3) is 4.05. The Balaban J connectivity index is 1.84. The van der Waals surface area contributed by atoms with Crippen LogP contribution in [0.15, 0.2) is 30.3 Å². The molecular formula is C15H18N2O4. The lowest BCUT2D eigenvalue weighted by atomic mass is 9.98. The van der Waals surface area contributed by atoms with Gasteiger partial charge in [-0.1, -0.05) is 18.2 Å². The molecule has 112 valence electrons. The Kier molecular flexibility index (Phi) is 4.92. The summed E-state index contributed by atoms with van der Waals surface area (Å²) in [4.78, 5) is 36.3. The summed E-state index contributed by atoms with van der Waals surface area (Å²) >= 11 is 0. The van der Waals surface area contributed by atoms with Crippen LogP contribution < -0.4 is 5.32 Å².